The Hall–Kier alpha value is -2.25. The lowest BCUT2D eigenvalue weighted by Crippen LogP contribution is -2.40. The first-order valence-corrected chi connectivity index (χ1v) is 13.2. The van der Waals surface area contributed by atoms with Crippen LogP contribution >= 0.6 is 0 Å². The van der Waals surface area contributed by atoms with Gasteiger partial charge in [0.25, 0.3) is 5.91 Å². The number of hydrogen-bond acceptors (Lipinski definition) is 6. The average molecular weight is 483 g/mol. The van der Waals surface area contributed by atoms with Gasteiger partial charge in [-0.25, -0.2) is 16.8 Å². The summed E-state index contributed by atoms with van der Waals surface area (Å²) in [5, 5.41) is 2.69. The van der Waals surface area contributed by atoms with Gasteiger partial charge in [0, 0.05) is 45.1 Å². The maximum atomic E-state index is 12.8. The number of aromatic nitrogens is 1. The van der Waals surface area contributed by atoms with Gasteiger partial charge in [-0.2, -0.15) is 8.61 Å². The summed E-state index contributed by atoms with van der Waals surface area (Å²) in [6.07, 6.45) is 3.09. The van der Waals surface area contributed by atoms with E-state index in [4.69, 9.17) is 4.74 Å². The number of rotatable bonds is 6. The molecule has 0 bridgehead atoms. The zero-order valence-corrected chi connectivity index (χ0v) is 19.4. The predicted molar refractivity (Wildman–Crippen MR) is 117 cm³/mol. The molecule has 10 nitrogen and oxygen atoms in total. The lowest BCUT2D eigenvalue weighted by Gasteiger charge is -2.26. The first-order valence-electron chi connectivity index (χ1n) is 10.4. The second kappa shape index (κ2) is 8.94. The number of carbonyl (C=O) groups excluding carboxylic acids is 1. The molecule has 2 saturated heterocycles. The molecule has 2 aliphatic heterocycles. The van der Waals surface area contributed by atoms with E-state index in [-0.39, 0.29) is 15.5 Å². The third kappa shape index (κ3) is 4.46. The topological polar surface area (TPSA) is 118 Å². The molecule has 1 amide bonds. The van der Waals surface area contributed by atoms with E-state index in [0.717, 1.165) is 12.8 Å². The molecule has 2 aromatic rings. The molecule has 0 atom stereocenters. The number of benzene rings is 1. The normalized spacial score (nSPS) is 18.7. The minimum absolute atomic E-state index is 0.0824. The van der Waals surface area contributed by atoms with Crippen molar-refractivity contribution >= 4 is 31.6 Å². The van der Waals surface area contributed by atoms with E-state index in [0.29, 0.717) is 45.1 Å². The average Bonchev–Trinajstić information content (AvgIpc) is 3.45. The molecule has 1 aromatic carbocycles. The van der Waals surface area contributed by atoms with E-state index in [2.05, 4.69) is 5.32 Å². The number of anilines is 1. The van der Waals surface area contributed by atoms with Gasteiger partial charge in [0.1, 0.15) is 10.6 Å². The first-order chi connectivity index (χ1) is 15.2. The van der Waals surface area contributed by atoms with Crippen LogP contribution in [0.2, 0.25) is 0 Å². The highest BCUT2D eigenvalue weighted by Crippen LogP contribution is 2.24. The molecule has 32 heavy (non-hydrogen) atoms. The monoisotopic (exact) mass is 482 g/mol. The summed E-state index contributed by atoms with van der Waals surface area (Å²) in [7, 11) is -5.64. The third-order valence-electron chi connectivity index (χ3n) is 5.64. The van der Waals surface area contributed by atoms with Crippen molar-refractivity contribution < 1.29 is 26.4 Å². The van der Waals surface area contributed by atoms with Crippen LogP contribution in [-0.4, -0.2) is 75.3 Å². The molecule has 0 radical (unpaired) electrons. The van der Waals surface area contributed by atoms with Gasteiger partial charge in [-0.3, -0.25) is 4.79 Å². The van der Waals surface area contributed by atoms with Gasteiger partial charge >= 0.3 is 0 Å². The molecule has 1 aromatic heterocycles. The highest BCUT2D eigenvalue weighted by molar-refractivity contribution is 7.89. The van der Waals surface area contributed by atoms with Crippen molar-refractivity contribution in [3.05, 3.63) is 42.2 Å². The highest BCUT2D eigenvalue weighted by Gasteiger charge is 2.30. The Balaban J connectivity index is 1.48. The molecule has 3 heterocycles. The summed E-state index contributed by atoms with van der Waals surface area (Å²) < 4.78 is 60.4. The zero-order chi connectivity index (χ0) is 22.9. The van der Waals surface area contributed by atoms with Crippen LogP contribution in [0.25, 0.3) is 0 Å². The summed E-state index contributed by atoms with van der Waals surface area (Å²) >= 11 is 0. The molecule has 0 aliphatic carbocycles. The fourth-order valence-electron chi connectivity index (χ4n) is 3.82. The molecule has 0 unspecified atom stereocenters. The van der Waals surface area contributed by atoms with Gasteiger partial charge in [0.15, 0.2) is 0 Å². The van der Waals surface area contributed by atoms with Crippen LogP contribution in [0.4, 0.5) is 5.69 Å². The zero-order valence-electron chi connectivity index (χ0n) is 17.7. The van der Waals surface area contributed by atoms with Crippen molar-refractivity contribution in [2.24, 2.45) is 7.05 Å². The summed E-state index contributed by atoms with van der Waals surface area (Å²) in [5.74, 6) is -0.487. The maximum Gasteiger partial charge on any atom is 0.272 e. The Morgan fingerprint density at radius 2 is 1.44 bits per heavy atom. The van der Waals surface area contributed by atoms with Crippen molar-refractivity contribution in [3.8, 4) is 0 Å². The lowest BCUT2D eigenvalue weighted by molar-refractivity contribution is 0.0730. The molecule has 174 valence electrons. The minimum atomic E-state index is -3.63. The largest absolute Gasteiger partial charge is 0.379 e. The van der Waals surface area contributed by atoms with Crippen LogP contribution in [0.15, 0.2) is 46.3 Å². The first kappa shape index (κ1) is 22.9. The summed E-state index contributed by atoms with van der Waals surface area (Å²) in [6.45, 7) is 2.30. The number of nitrogens with one attached hydrogen (secondary N) is 1. The third-order valence-corrected chi connectivity index (χ3v) is 9.41. The van der Waals surface area contributed by atoms with Crippen molar-refractivity contribution in [1.29, 1.82) is 0 Å². The van der Waals surface area contributed by atoms with Crippen LogP contribution in [0.5, 0.6) is 0 Å². The highest BCUT2D eigenvalue weighted by atomic mass is 32.2. The molecule has 12 heteroatoms. The van der Waals surface area contributed by atoms with E-state index < -0.39 is 26.0 Å². The van der Waals surface area contributed by atoms with Crippen molar-refractivity contribution in [2.75, 3.05) is 44.7 Å². The Kier molecular flexibility index (Phi) is 6.41. The van der Waals surface area contributed by atoms with Crippen LogP contribution < -0.4 is 5.32 Å². The van der Waals surface area contributed by atoms with E-state index >= 15 is 0 Å². The lowest BCUT2D eigenvalue weighted by atomic mass is 10.3. The number of aryl methyl sites for hydroxylation is 1. The molecule has 2 fully saturated rings. The van der Waals surface area contributed by atoms with E-state index in [1.165, 1.54) is 49.7 Å². The van der Waals surface area contributed by atoms with Crippen molar-refractivity contribution in [1.82, 2.24) is 13.2 Å². The predicted octanol–water partition coefficient (Wildman–Crippen LogP) is 1.08. The fourth-order valence-corrected chi connectivity index (χ4v) is 6.82. The summed E-state index contributed by atoms with van der Waals surface area (Å²) in [6, 6.07) is 7.26. The SMILES string of the molecule is Cn1cc(S(=O)(=O)N2CCCC2)cc1C(=O)Nc1ccc(S(=O)(=O)N2CCOCC2)cc1. The van der Waals surface area contributed by atoms with Gasteiger partial charge in [0.2, 0.25) is 20.0 Å². The number of ether oxygens (including phenoxy) is 1. The van der Waals surface area contributed by atoms with E-state index in [9.17, 15) is 21.6 Å². The van der Waals surface area contributed by atoms with Gasteiger partial charge in [-0.1, -0.05) is 0 Å². The van der Waals surface area contributed by atoms with Crippen LogP contribution in [0.3, 0.4) is 0 Å². The number of carbonyl (C=O) groups is 1. The number of amides is 1. The van der Waals surface area contributed by atoms with Gasteiger partial charge < -0.3 is 14.6 Å². The second-order valence-corrected chi connectivity index (χ2v) is 11.7. The molecule has 4 rings (SSSR count). The maximum absolute atomic E-state index is 12.8. The van der Waals surface area contributed by atoms with E-state index in [1.54, 1.807) is 7.05 Å². The Morgan fingerprint density at radius 1 is 0.875 bits per heavy atom. The van der Waals surface area contributed by atoms with Crippen molar-refractivity contribution in [2.45, 2.75) is 22.6 Å². The Morgan fingerprint density at radius 3 is 2.06 bits per heavy atom. The molecule has 1 N–H and O–H groups in total. The smallest absolute Gasteiger partial charge is 0.272 e. The molecular weight excluding hydrogens is 456 g/mol. The summed E-state index contributed by atoms with van der Waals surface area (Å²) in [4.78, 5) is 13.0. The van der Waals surface area contributed by atoms with Crippen LogP contribution in [-0.2, 0) is 31.8 Å². The second-order valence-electron chi connectivity index (χ2n) is 7.78. The number of sulfonamides is 2. The van der Waals surface area contributed by atoms with Gasteiger partial charge in [0.05, 0.1) is 18.1 Å². The minimum Gasteiger partial charge on any atom is -0.379 e. The fraction of sp³-hybridized carbons (Fsp3) is 0.450. The number of hydrogen-bond donors (Lipinski definition) is 1. The van der Waals surface area contributed by atoms with Gasteiger partial charge in [-0.15, -0.1) is 0 Å². The molecule has 2 aliphatic rings. The van der Waals surface area contributed by atoms with Crippen molar-refractivity contribution in [3.63, 3.8) is 0 Å². The quantitative estimate of drug-likeness (QED) is 0.658. The molecule has 0 saturated carbocycles. The Labute approximate surface area is 187 Å². The van der Waals surface area contributed by atoms with Crippen LogP contribution in [0, 0.1) is 0 Å². The Bertz CT molecular complexity index is 1190. The molecule has 0 spiro atoms. The summed E-state index contributed by atoms with van der Waals surface area (Å²) in [5.41, 5.74) is 0.592. The number of nitrogens with zero attached hydrogens (tertiary/aromatic N) is 3. The van der Waals surface area contributed by atoms with E-state index in [1.807, 2.05) is 0 Å². The standard InChI is InChI=1S/C20H26N4O6S2/c1-22-15-18(32(28,29)23-8-2-3-9-23)14-19(22)20(25)21-16-4-6-17(7-5-16)31(26,27)24-10-12-30-13-11-24/h4-7,14-15H,2-3,8-13H2,1H3,(H,21,25). The number of morpholine rings is 1. The molecular formula is C20H26N4O6S2. The van der Waals surface area contributed by atoms with Gasteiger partial charge in [-0.05, 0) is 43.2 Å². The van der Waals surface area contributed by atoms with Crippen LogP contribution in [0.1, 0.15) is 23.3 Å².